The summed E-state index contributed by atoms with van der Waals surface area (Å²) in [6.45, 7) is 8.23. The average molecular weight is 536 g/mol. The van der Waals surface area contributed by atoms with Gasteiger partial charge >= 0.3 is 6.18 Å². The van der Waals surface area contributed by atoms with Crippen molar-refractivity contribution >= 4 is 31.9 Å². The SMILES string of the molecule is CC(C)c1ccc(Oc2ccc(OCC=C(Br)Br)c(C(F)(F)F)c2)c(C(C)C)c1. The molecule has 7 heteroatoms. The Kier molecular flexibility index (Phi) is 8.23. The number of hydrogen-bond acceptors (Lipinski definition) is 2. The summed E-state index contributed by atoms with van der Waals surface area (Å²) in [5, 5.41) is 0. The number of hydrogen-bond donors (Lipinski definition) is 0. The Morgan fingerprint density at radius 2 is 1.62 bits per heavy atom. The lowest BCUT2D eigenvalue weighted by Gasteiger charge is -2.18. The predicted molar refractivity (Wildman–Crippen MR) is 118 cm³/mol. The molecule has 0 bridgehead atoms. The van der Waals surface area contributed by atoms with Crippen molar-refractivity contribution in [3.63, 3.8) is 0 Å². The van der Waals surface area contributed by atoms with E-state index in [1.54, 1.807) is 6.08 Å². The van der Waals surface area contributed by atoms with Gasteiger partial charge in [0.25, 0.3) is 0 Å². The lowest BCUT2D eigenvalue weighted by atomic mass is 9.95. The normalized spacial score (nSPS) is 11.7. The maximum Gasteiger partial charge on any atom is 0.420 e. The summed E-state index contributed by atoms with van der Waals surface area (Å²) in [4.78, 5) is 0. The van der Waals surface area contributed by atoms with E-state index in [9.17, 15) is 13.2 Å². The molecule has 158 valence electrons. The van der Waals surface area contributed by atoms with Crippen LogP contribution in [0, 0.1) is 0 Å². The van der Waals surface area contributed by atoms with E-state index >= 15 is 0 Å². The Bertz CT molecular complexity index is 871. The van der Waals surface area contributed by atoms with E-state index in [1.165, 1.54) is 12.1 Å². The van der Waals surface area contributed by atoms with Crippen LogP contribution in [-0.2, 0) is 6.18 Å². The van der Waals surface area contributed by atoms with Gasteiger partial charge in [0.1, 0.15) is 29.4 Å². The highest BCUT2D eigenvalue weighted by atomic mass is 79.9. The van der Waals surface area contributed by atoms with Gasteiger partial charge in [-0.3, -0.25) is 0 Å². The molecule has 0 spiro atoms. The van der Waals surface area contributed by atoms with Crippen LogP contribution < -0.4 is 9.47 Å². The molecule has 0 aliphatic rings. The molecule has 2 aromatic rings. The van der Waals surface area contributed by atoms with Crippen LogP contribution >= 0.6 is 31.9 Å². The summed E-state index contributed by atoms with van der Waals surface area (Å²) >= 11 is 6.28. The van der Waals surface area contributed by atoms with Crippen molar-refractivity contribution in [3.05, 3.63) is 62.6 Å². The number of halogens is 5. The monoisotopic (exact) mass is 534 g/mol. The van der Waals surface area contributed by atoms with Gasteiger partial charge in [0.2, 0.25) is 0 Å². The Morgan fingerprint density at radius 3 is 2.17 bits per heavy atom. The summed E-state index contributed by atoms with van der Waals surface area (Å²) in [7, 11) is 0. The summed E-state index contributed by atoms with van der Waals surface area (Å²) in [5.74, 6) is 0.936. The molecule has 0 fully saturated rings. The molecule has 2 rings (SSSR count). The molecule has 0 aliphatic carbocycles. The third kappa shape index (κ3) is 6.78. The first-order valence-electron chi connectivity index (χ1n) is 9.16. The Balaban J connectivity index is 2.37. The molecule has 2 aromatic carbocycles. The van der Waals surface area contributed by atoms with Gasteiger partial charge in [0.05, 0.1) is 3.39 Å². The largest absolute Gasteiger partial charge is 0.489 e. The number of rotatable bonds is 7. The number of ether oxygens (including phenoxy) is 2. The summed E-state index contributed by atoms with van der Waals surface area (Å²) < 4.78 is 52.3. The van der Waals surface area contributed by atoms with Crippen molar-refractivity contribution in [1.82, 2.24) is 0 Å². The Hall–Kier alpha value is -1.47. The standard InChI is InChI=1S/C22H23Br2F3O2/c1-13(2)15-5-7-19(17(11-15)14(3)4)29-16-6-8-20(28-10-9-21(23)24)18(12-16)22(25,26)27/h5-9,11-14H,10H2,1-4H3. The van der Waals surface area contributed by atoms with Gasteiger partial charge in [-0.1, -0.05) is 39.8 Å². The fourth-order valence-electron chi connectivity index (χ4n) is 2.71. The molecule has 0 aliphatic heterocycles. The molecule has 0 saturated heterocycles. The van der Waals surface area contributed by atoms with E-state index in [1.807, 2.05) is 26.0 Å². The highest BCUT2D eigenvalue weighted by molar-refractivity contribution is 9.28. The molecule has 2 nitrogen and oxygen atoms in total. The van der Waals surface area contributed by atoms with Crippen molar-refractivity contribution in [2.24, 2.45) is 0 Å². The fourth-order valence-corrected chi connectivity index (χ4v) is 2.98. The second kappa shape index (κ2) is 10.0. The van der Waals surface area contributed by atoms with Gasteiger partial charge in [-0.05, 0) is 85.2 Å². The minimum Gasteiger partial charge on any atom is -0.489 e. The van der Waals surface area contributed by atoms with E-state index < -0.39 is 11.7 Å². The molecule has 0 unspecified atom stereocenters. The zero-order valence-electron chi connectivity index (χ0n) is 16.6. The lowest BCUT2D eigenvalue weighted by Crippen LogP contribution is -2.09. The highest BCUT2D eigenvalue weighted by Crippen LogP contribution is 2.40. The summed E-state index contributed by atoms with van der Waals surface area (Å²) in [6, 6.07) is 9.56. The smallest absolute Gasteiger partial charge is 0.420 e. The van der Waals surface area contributed by atoms with Crippen molar-refractivity contribution < 1.29 is 22.6 Å². The highest BCUT2D eigenvalue weighted by Gasteiger charge is 2.35. The fraction of sp³-hybridized carbons (Fsp3) is 0.364. The Labute approximate surface area is 186 Å². The van der Waals surface area contributed by atoms with Crippen molar-refractivity contribution in [1.29, 1.82) is 0 Å². The lowest BCUT2D eigenvalue weighted by molar-refractivity contribution is -0.139. The van der Waals surface area contributed by atoms with Gasteiger partial charge in [-0.2, -0.15) is 13.2 Å². The second-order valence-electron chi connectivity index (χ2n) is 7.17. The van der Waals surface area contributed by atoms with E-state index in [-0.39, 0.29) is 24.0 Å². The molecular formula is C22H23Br2F3O2. The first-order valence-corrected chi connectivity index (χ1v) is 10.7. The second-order valence-corrected chi connectivity index (χ2v) is 9.94. The van der Waals surface area contributed by atoms with Gasteiger partial charge in [-0.15, -0.1) is 0 Å². The molecule has 0 radical (unpaired) electrons. The van der Waals surface area contributed by atoms with Gasteiger partial charge in [-0.25, -0.2) is 0 Å². The maximum atomic E-state index is 13.5. The van der Waals surface area contributed by atoms with Crippen molar-refractivity contribution in [2.45, 2.75) is 45.7 Å². The molecule has 0 aromatic heterocycles. The van der Waals surface area contributed by atoms with Crippen LogP contribution in [0.15, 0.2) is 45.9 Å². The molecular weight excluding hydrogens is 513 g/mol. The van der Waals surface area contributed by atoms with Crippen LogP contribution in [0.25, 0.3) is 0 Å². The van der Waals surface area contributed by atoms with E-state index in [4.69, 9.17) is 9.47 Å². The third-order valence-corrected chi connectivity index (χ3v) is 4.93. The summed E-state index contributed by atoms with van der Waals surface area (Å²) in [6.07, 6.45) is -3.00. The van der Waals surface area contributed by atoms with Crippen molar-refractivity contribution in [3.8, 4) is 17.2 Å². The topological polar surface area (TPSA) is 18.5 Å². The van der Waals surface area contributed by atoms with E-state index in [2.05, 4.69) is 51.8 Å². The molecule has 0 heterocycles. The maximum absolute atomic E-state index is 13.5. The van der Waals surface area contributed by atoms with E-state index in [0.29, 0.717) is 15.1 Å². The number of alkyl halides is 3. The minimum absolute atomic E-state index is 0.0106. The van der Waals surface area contributed by atoms with Crippen molar-refractivity contribution in [2.75, 3.05) is 6.61 Å². The van der Waals surface area contributed by atoms with Crippen LogP contribution in [0.3, 0.4) is 0 Å². The first-order chi connectivity index (χ1) is 13.5. The molecule has 0 N–H and O–H groups in total. The Morgan fingerprint density at radius 1 is 0.966 bits per heavy atom. The third-order valence-electron chi connectivity index (χ3n) is 4.28. The molecule has 0 amide bonds. The van der Waals surface area contributed by atoms with Crippen LogP contribution in [0.1, 0.15) is 56.2 Å². The molecule has 0 saturated carbocycles. The van der Waals surface area contributed by atoms with Crippen LogP contribution in [0.5, 0.6) is 17.2 Å². The quantitative estimate of drug-likeness (QED) is 0.352. The predicted octanol–water partition coefficient (Wildman–Crippen LogP) is 8.75. The van der Waals surface area contributed by atoms with Gasteiger partial charge in [0.15, 0.2) is 0 Å². The average Bonchev–Trinajstić information content (AvgIpc) is 2.61. The summed E-state index contributed by atoms with van der Waals surface area (Å²) in [5.41, 5.74) is 1.24. The van der Waals surface area contributed by atoms with E-state index in [0.717, 1.165) is 17.2 Å². The minimum atomic E-state index is -4.56. The first kappa shape index (κ1) is 23.8. The zero-order valence-corrected chi connectivity index (χ0v) is 19.8. The van der Waals surface area contributed by atoms with Crippen LogP contribution in [-0.4, -0.2) is 6.61 Å². The number of benzene rings is 2. The van der Waals surface area contributed by atoms with Gasteiger partial charge < -0.3 is 9.47 Å². The van der Waals surface area contributed by atoms with Gasteiger partial charge in [0, 0.05) is 0 Å². The van der Waals surface area contributed by atoms with Crippen LogP contribution in [0.4, 0.5) is 13.2 Å². The molecule has 29 heavy (non-hydrogen) atoms. The zero-order chi connectivity index (χ0) is 21.8. The molecule has 0 atom stereocenters. The van der Waals surface area contributed by atoms with Crippen LogP contribution in [0.2, 0.25) is 0 Å².